The van der Waals surface area contributed by atoms with Crippen molar-refractivity contribution >= 4 is 34.4 Å². The first kappa shape index (κ1) is 20.2. The van der Waals surface area contributed by atoms with Crippen LogP contribution >= 0.6 is 11.6 Å². The van der Waals surface area contributed by atoms with Crippen LogP contribution in [0.5, 0.6) is 5.75 Å². The maximum absolute atomic E-state index is 13.1. The molecule has 0 bridgehead atoms. The summed E-state index contributed by atoms with van der Waals surface area (Å²) in [7, 11) is 0. The van der Waals surface area contributed by atoms with Gasteiger partial charge in [0.2, 0.25) is 0 Å². The van der Waals surface area contributed by atoms with E-state index in [1.54, 1.807) is 40.1 Å². The first-order chi connectivity index (χ1) is 14.4. The Labute approximate surface area is 178 Å². The summed E-state index contributed by atoms with van der Waals surface area (Å²) in [5.74, 6) is 0.415. The van der Waals surface area contributed by atoms with Crippen LogP contribution in [-0.2, 0) is 4.79 Å². The van der Waals surface area contributed by atoms with Gasteiger partial charge in [-0.25, -0.2) is 4.98 Å². The average molecular weight is 428 g/mol. The number of rotatable bonds is 4. The molecule has 1 N–H and O–H groups in total. The van der Waals surface area contributed by atoms with Crippen molar-refractivity contribution in [2.75, 3.05) is 32.8 Å². The second-order valence-corrected chi connectivity index (χ2v) is 7.71. The van der Waals surface area contributed by atoms with E-state index in [-0.39, 0.29) is 18.4 Å². The minimum absolute atomic E-state index is 0.0477. The smallest absolute Gasteiger partial charge is 0.260 e. The van der Waals surface area contributed by atoms with Crippen LogP contribution in [-0.4, -0.2) is 69.6 Å². The molecule has 3 aromatic rings. The van der Waals surface area contributed by atoms with E-state index in [4.69, 9.17) is 16.3 Å². The highest BCUT2D eigenvalue weighted by Gasteiger charge is 2.27. The molecule has 2 amide bonds. The van der Waals surface area contributed by atoms with Gasteiger partial charge in [0.15, 0.2) is 12.3 Å². The molecule has 9 heteroatoms. The summed E-state index contributed by atoms with van der Waals surface area (Å²) in [5, 5.41) is 8.43. The number of nitrogens with one attached hydrogen (secondary N) is 1. The lowest BCUT2D eigenvalue weighted by atomic mass is 10.1. The van der Waals surface area contributed by atoms with Crippen molar-refractivity contribution in [1.82, 2.24) is 25.0 Å². The van der Waals surface area contributed by atoms with Gasteiger partial charge in [-0.15, -0.1) is 0 Å². The lowest BCUT2D eigenvalue weighted by Gasteiger charge is -2.34. The summed E-state index contributed by atoms with van der Waals surface area (Å²) in [5.41, 5.74) is 2.69. The Morgan fingerprint density at radius 2 is 1.77 bits per heavy atom. The molecular formula is C21H22ClN5O3. The van der Waals surface area contributed by atoms with Crippen LogP contribution in [0, 0.1) is 13.8 Å². The van der Waals surface area contributed by atoms with Gasteiger partial charge in [-0.1, -0.05) is 11.6 Å². The molecular weight excluding hydrogens is 406 g/mol. The Kier molecular flexibility index (Phi) is 5.59. The zero-order valence-electron chi connectivity index (χ0n) is 16.8. The third kappa shape index (κ3) is 4.09. The highest BCUT2D eigenvalue weighted by atomic mass is 35.5. The van der Waals surface area contributed by atoms with Gasteiger partial charge in [0.05, 0.1) is 10.9 Å². The van der Waals surface area contributed by atoms with E-state index in [1.165, 1.54) is 0 Å². The van der Waals surface area contributed by atoms with E-state index in [9.17, 15) is 9.59 Å². The van der Waals surface area contributed by atoms with Gasteiger partial charge in [0, 0.05) is 42.6 Å². The predicted octanol–water partition coefficient (Wildman–Crippen LogP) is 2.59. The Hall–Kier alpha value is -3.13. The summed E-state index contributed by atoms with van der Waals surface area (Å²) in [6, 6.07) is 8.67. The van der Waals surface area contributed by atoms with Gasteiger partial charge >= 0.3 is 0 Å². The van der Waals surface area contributed by atoms with Crippen molar-refractivity contribution in [3.63, 3.8) is 0 Å². The van der Waals surface area contributed by atoms with Crippen LogP contribution in [0.1, 0.15) is 21.7 Å². The molecule has 156 valence electrons. The molecule has 0 unspecified atom stereocenters. The van der Waals surface area contributed by atoms with Crippen molar-refractivity contribution in [2.24, 2.45) is 0 Å². The molecule has 30 heavy (non-hydrogen) atoms. The third-order valence-corrected chi connectivity index (χ3v) is 5.41. The molecule has 1 fully saturated rings. The van der Waals surface area contributed by atoms with E-state index in [2.05, 4.69) is 15.2 Å². The fourth-order valence-electron chi connectivity index (χ4n) is 3.57. The molecule has 0 spiro atoms. The molecule has 3 heterocycles. The number of H-pyrrole nitrogens is 1. The lowest BCUT2D eigenvalue weighted by molar-refractivity contribution is -0.134. The number of hydrogen-bond donors (Lipinski definition) is 1. The lowest BCUT2D eigenvalue weighted by Crippen LogP contribution is -2.51. The Bertz CT molecular complexity index is 1090. The Balaban J connectivity index is 1.37. The third-order valence-electron chi connectivity index (χ3n) is 5.16. The van der Waals surface area contributed by atoms with Crippen molar-refractivity contribution in [1.29, 1.82) is 0 Å². The van der Waals surface area contributed by atoms with Crippen molar-refractivity contribution in [3.05, 3.63) is 52.3 Å². The van der Waals surface area contributed by atoms with Gasteiger partial charge in [-0.05, 0) is 44.2 Å². The van der Waals surface area contributed by atoms with Gasteiger partial charge in [0.1, 0.15) is 5.75 Å². The SMILES string of the molecule is Cc1cc(C(=O)N2CCN(C(=O)COc3ccc(Cl)cc3)CC2)c2c(C)[nH]nc2n1. The average Bonchev–Trinajstić information content (AvgIpc) is 3.12. The number of hydrogen-bond acceptors (Lipinski definition) is 5. The molecule has 1 aromatic carbocycles. The molecule has 8 nitrogen and oxygen atoms in total. The van der Waals surface area contributed by atoms with E-state index in [0.717, 1.165) is 16.8 Å². The summed E-state index contributed by atoms with van der Waals surface area (Å²) < 4.78 is 5.54. The highest BCUT2D eigenvalue weighted by Crippen LogP contribution is 2.22. The van der Waals surface area contributed by atoms with Crippen molar-refractivity contribution in [2.45, 2.75) is 13.8 Å². The van der Waals surface area contributed by atoms with E-state index < -0.39 is 0 Å². The number of benzene rings is 1. The van der Waals surface area contributed by atoms with Gasteiger partial charge in [-0.3, -0.25) is 14.7 Å². The number of amides is 2. The maximum atomic E-state index is 13.1. The number of aromatic amines is 1. The topological polar surface area (TPSA) is 91.4 Å². The monoisotopic (exact) mass is 427 g/mol. The van der Waals surface area contributed by atoms with E-state index in [0.29, 0.717) is 48.2 Å². The number of piperazine rings is 1. The number of halogens is 1. The van der Waals surface area contributed by atoms with Crippen LogP contribution in [0.4, 0.5) is 0 Å². The number of nitrogens with zero attached hydrogens (tertiary/aromatic N) is 4. The Morgan fingerprint density at radius 1 is 1.10 bits per heavy atom. The van der Waals surface area contributed by atoms with Crippen LogP contribution in [0.15, 0.2) is 30.3 Å². The quantitative estimate of drug-likeness (QED) is 0.691. The van der Waals surface area contributed by atoms with Gasteiger partial charge < -0.3 is 14.5 Å². The summed E-state index contributed by atoms with van der Waals surface area (Å²) in [6.45, 7) is 5.53. The highest BCUT2D eigenvalue weighted by molar-refractivity contribution is 6.30. The van der Waals surface area contributed by atoms with Gasteiger partial charge in [0.25, 0.3) is 11.8 Å². The van der Waals surface area contributed by atoms with Crippen molar-refractivity contribution in [3.8, 4) is 5.75 Å². The predicted molar refractivity (Wildman–Crippen MR) is 113 cm³/mol. The second kappa shape index (κ2) is 8.31. The zero-order chi connectivity index (χ0) is 21.3. The normalized spacial score (nSPS) is 14.2. The molecule has 4 rings (SSSR count). The molecule has 0 saturated carbocycles. The summed E-state index contributed by atoms with van der Waals surface area (Å²) in [6.07, 6.45) is 0. The molecule has 0 radical (unpaired) electrons. The van der Waals surface area contributed by atoms with Crippen LogP contribution < -0.4 is 4.74 Å². The minimum atomic E-state index is -0.107. The molecule has 2 aromatic heterocycles. The fraction of sp³-hybridized carbons (Fsp3) is 0.333. The Morgan fingerprint density at radius 3 is 2.47 bits per heavy atom. The molecule has 1 saturated heterocycles. The maximum Gasteiger partial charge on any atom is 0.260 e. The number of aryl methyl sites for hydroxylation is 2. The second-order valence-electron chi connectivity index (χ2n) is 7.27. The standard InChI is InChI=1S/C21H22ClN5O3/c1-13-11-17(19-14(2)24-25-20(19)23-13)21(29)27-9-7-26(8-10-27)18(28)12-30-16-5-3-15(22)4-6-16/h3-6,11H,7-10,12H2,1-2H3,(H,23,24,25). The minimum Gasteiger partial charge on any atom is -0.484 e. The molecule has 0 atom stereocenters. The molecule has 1 aliphatic heterocycles. The van der Waals surface area contributed by atoms with Crippen LogP contribution in [0.2, 0.25) is 5.02 Å². The van der Waals surface area contributed by atoms with E-state index in [1.807, 2.05) is 13.8 Å². The first-order valence-electron chi connectivity index (χ1n) is 9.70. The fourth-order valence-corrected chi connectivity index (χ4v) is 3.69. The van der Waals surface area contributed by atoms with Gasteiger partial charge in [-0.2, -0.15) is 5.10 Å². The van der Waals surface area contributed by atoms with E-state index >= 15 is 0 Å². The van der Waals surface area contributed by atoms with Crippen molar-refractivity contribution < 1.29 is 14.3 Å². The van der Waals surface area contributed by atoms with Crippen LogP contribution in [0.25, 0.3) is 11.0 Å². The number of fused-ring (bicyclic) bond motifs is 1. The van der Waals surface area contributed by atoms with Crippen LogP contribution in [0.3, 0.4) is 0 Å². The first-order valence-corrected chi connectivity index (χ1v) is 10.1. The number of carbonyl (C=O) groups is 2. The number of pyridine rings is 1. The largest absolute Gasteiger partial charge is 0.484 e. The zero-order valence-corrected chi connectivity index (χ0v) is 17.6. The number of ether oxygens (including phenoxy) is 1. The molecule has 0 aliphatic carbocycles. The number of carbonyl (C=O) groups excluding carboxylic acids is 2. The molecule has 1 aliphatic rings. The number of aromatic nitrogens is 3. The summed E-state index contributed by atoms with van der Waals surface area (Å²) >= 11 is 5.85. The summed E-state index contributed by atoms with van der Waals surface area (Å²) in [4.78, 5) is 33.5.